The highest BCUT2D eigenvalue weighted by Crippen LogP contribution is 2.38. The second-order valence-electron chi connectivity index (χ2n) is 4.04. The van der Waals surface area contributed by atoms with Crippen LogP contribution in [0.2, 0.25) is 0 Å². The van der Waals surface area contributed by atoms with Gasteiger partial charge in [0.2, 0.25) is 0 Å². The minimum atomic E-state index is -1.26. The smallest absolute Gasteiger partial charge is 0.413 e. The van der Waals surface area contributed by atoms with Gasteiger partial charge in [-0.15, -0.1) is 0 Å². The second-order valence-corrected chi connectivity index (χ2v) is 5.83. The van der Waals surface area contributed by atoms with Crippen LogP contribution < -0.4 is 21.1 Å². The number of amides is 1. The SMILES string of the molecule is COC(=O)NC(=S)Nc1ccc(OCS(C)=O)c(N)c1[N+](=O)[O-]. The average Bonchev–Trinajstić information content (AvgIpc) is 2.45. The minimum absolute atomic E-state index is 0.0179. The van der Waals surface area contributed by atoms with Crippen molar-refractivity contribution in [2.45, 2.75) is 0 Å². The molecule has 0 fully saturated rings. The molecule has 1 atom stereocenters. The van der Waals surface area contributed by atoms with E-state index >= 15 is 0 Å². The summed E-state index contributed by atoms with van der Waals surface area (Å²) in [6.07, 6.45) is 0.584. The van der Waals surface area contributed by atoms with Crippen molar-refractivity contribution in [1.82, 2.24) is 5.32 Å². The summed E-state index contributed by atoms with van der Waals surface area (Å²) < 4.78 is 20.5. The lowest BCUT2D eigenvalue weighted by atomic mass is 10.2. The van der Waals surface area contributed by atoms with Crippen molar-refractivity contribution >= 4 is 51.3 Å². The monoisotopic (exact) mass is 362 g/mol. The van der Waals surface area contributed by atoms with Crippen molar-refractivity contribution in [2.24, 2.45) is 0 Å². The number of nitro benzene ring substituents is 1. The Morgan fingerprint density at radius 3 is 2.70 bits per heavy atom. The van der Waals surface area contributed by atoms with Crippen molar-refractivity contribution in [3.05, 3.63) is 22.2 Å². The molecule has 23 heavy (non-hydrogen) atoms. The summed E-state index contributed by atoms with van der Waals surface area (Å²) in [6, 6.07) is 2.66. The largest absolute Gasteiger partial charge is 0.478 e. The number of nitrogens with one attached hydrogen (secondary N) is 2. The number of rotatable bonds is 5. The Bertz CT molecular complexity index is 666. The van der Waals surface area contributed by atoms with Crippen molar-refractivity contribution in [1.29, 1.82) is 0 Å². The van der Waals surface area contributed by atoms with Crippen LogP contribution in [-0.2, 0) is 15.5 Å². The topological polar surface area (TPSA) is 146 Å². The second kappa shape index (κ2) is 8.24. The molecule has 0 radical (unpaired) electrons. The highest BCUT2D eigenvalue weighted by molar-refractivity contribution is 7.84. The maximum absolute atomic E-state index is 11.2. The normalized spacial score (nSPS) is 11.2. The molecule has 4 N–H and O–H groups in total. The third-order valence-corrected chi connectivity index (χ3v) is 3.04. The number of anilines is 2. The molecule has 1 unspecified atom stereocenters. The van der Waals surface area contributed by atoms with Gasteiger partial charge in [0.05, 0.1) is 22.8 Å². The first kappa shape index (κ1) is 18.6. The molecule has 0 aliphatic rings. The highest BCUT2D eigenvalue weighted by atomic mass is 32.2. The van der Waals surface area contributed by atoms with E-state index in [-0.39, 0.29) is 28.2 Å². The number of ether oxygens (including phenoxy) is 2. The Kier molecular flexibility index (Phi) is 6.65. The molecule has 0 aliphatic carbocycles. The molecular weight excluding hydrogens is 348 g/mol. The van der Waals surface area contributed by atoms with Crippen molar-refractivity contribution < 1.29 is 23.4 Å². The molecule has 1 rings (SSSR count). The minimum Gasteiger partial charge on any atom is -0.478 e. The standard InChI is InChI=1S/C11H14N4O6S2/c1-20-11(16)14-10(22)13-6-3-4-7(21-5-23(2)19)8(12)9(6)15(17)18/h3-4H,5,12H2,1-2H3,(H2,13,14,16,22). The van der Waals surface area contributed by atoms with Crippen LogP contribution in [0.25, 0.3) is 0 Å². The highest BCUT2D eigenvalue weighted by Gasteiger charge is 2.23. The first-order valence-electron chi connectivity index (χ1n) is 5.92. The van der Waals surface area contributed by atoms with Gasteiger partial charge in [-0.3, -0.25) is 19.6 Å². The Balaban J connectivity index is 3.06. The van der Waals surface area contributed by atoms with Crippen molar-refractivity contribution in [3.8, 4) is 5.75 Å². The van der Waals surface area contributed by atoms with Crippen LogP contribution in [0.1, 0.15) is 0 Å². The zero-order valence-corrected chi connectivity index (χ0v) is 13.8. The number of carbonyl (C=O) groups excluding carboxylic acids is 1. The Labute approximate surface area is 138 Å². The van der Waals surface area contributed by atoms with E-state index in [9.17, 15) is 19.1 Å². The molecule has 0 heterocycles. The lowest BCUT2D eigenvalue weighted by Gasteiger charge is -2.12. The predicted octanol–water partition coefficient (Wildman–Crippen LogP) is 0.945. The molecule has 0 aromatic heterocycles. The molecule has 0 aliphatic heterocycles. The molecular formula is C11H14N4O6S2. The summed E-state index contributed by atoms with van der Waals surface area (Å²) in [7, 11) is -0.118. The Morgan fingerprint density at radius 2 is 2.17 bits per heavy atom. The van der Waals surface area contributed by atoms with Crippen molar-refractivity contribution in [3.63, 3.8) is 0 Å². The molecule has 1 amide bonds. The van der Waals surface area contributed by atoms with Crippen LogP contribution in [0.3, 0.4) is 0 Å². The van der Waals surface area contributed by atoms with E-state index in [4.69, 9.17) is 22.7 Å². The predicted molar refractivity (Wildman–Crippen MR) is 88.8 cm³/mol. The number of benzene rings is 1. The van der Waals surface area contributed by atoms with Gasteiger partial charge in [0.15, 0.2) is 22.5 Å². The van der Waals surface area contributed by atoms with E-state index in [0.717, 1.165) is 7.11 Å². The molecule has 0 spiro atoms. The van der Waals surface area contributed by atoms with Gasteiger partial charge in [0.1, 0.15) is 5.69 Å². The van der Waals surface area contributed by atoms with Gasteiger partial charge >= 0.3 is 11.8 Å². The lowest BCUT2D eigenvalue weighted by molar-refractivity contribution is -0.383. The first-order chi connectivity index (χ1) is 10.8. The zero-order valence-electron chi connectivity index (χ0n) is 12.2. The van der Waals surface area contributed by atoms with Crippen LogP contribution in [0, 0.1) is 10.1 Å². The van der Waals surface area contributed by atoms with Crippen molar-refractivity contribution in [2.75, 3.05) is 30.4 Å². The van der Waals surface area contributed by atoms with Crippen LogP contribution in [0.15, 0.2) is 12.1 Å². The summed E-state index contributed by atoms with van der Waals surface area (Å²) >= 11 is 4.83. The molecule has 1 aromatic carbocycles. The van der Waals surface area contributed by atoms with Gasteiger partial charge in [-0.2, -0.15) is 0 Å². The number of hydrogen-bond acceptors (Lipinski definition) is 8. The summed E-state index contributed by atoms with van der Waals surface area (Å²) in [5, 5.41) is 15.6. The van der Waals surface area contributed by atoms with E-state index in [2.05, 4.69) is 15.4 Å². The fourth-order valence-electron chi connectivity index (χ4n) is 1.46. The number of alkyl carbamates (subject to hydrolysis) is 1. The molecule has 12 heteroatoms. The van der Waals surface area contributed by atoms with Gasteiger partial charge in [0.25, 0.3) is 0 Å². The summed E-state index contributed by atoms with van der Waals surface area (Å²) in [6.45, 7) is 0. The number of nitrogens with zero attached hydrogens (tertiary/aromatic N) is 1. The van der Waals surface area contributed by atoms with Crippen LogP contribution in [0.5, 0.6) is 5.75 Å². The number of methoxy groups -OCH3 is 1. The van der Waals surface area contributed by atoms with Gasteiger partial charge in [-0.25, -0.2) is 4.79 Å². The number of nitro groups is 1. The van der Waals surface area contributed by atoms with Gasteiger partial charge in [-0.05, 0) is 24.4 Å². The van der Waals surface area contributed by atoms with E-state index in [1.54, 1.807) is 0 Å². The van der Waals surface area contributed by atoms with Gasteiger partial charge < -0.3 is 20.5 Å². The van der Waals surface area contributed by atoms with E-state index < -0.39 is 27.5 Å². The van der Waals surface area contributed by atoms with Crippen LogP contribution in [0.4, 0.5) is 21.9 Å². The number of nitrogen functional groups attached to an aromatic ring is 1. The van der Waals surface area contributed by atoms with E-state index in [1.165, 1.54) is 18.4 Å². The lowest BCUT2D eigenvalue weighted by Crippen LogP contribution is -2.34. The third kappa shape index (κ3) is 5.34. The molecule has 0 bridgehead atoms. The van der Waals surface area contributed by atoms with E-state index in [1.807, 2.05) is 0 Å². The summed E-state index contributed by atoms with van der Waals surface area (Å²) in [4.78, 5) is 21.5. The molecule has 1 aromatic rings. The molecule has 0 saturated carbocycles. The molecule has 126 valence electrons. The maximum atomic E-state index is 11.2. The van der Waals surface area contributed by atoms with Gasteiger partial charge in [-0.1, -0.05) is 0 Å². The van der Waals surface area contributed by atoms with E-state index in [0.29, 0.717) is 0 Å². The number of thiocarbonyl (C=S) groups is 1. The fourth-order valence-corrected chi connectivity index (χ4v) is 1.94. The third-order valence-electron chi connectivity index (χ3n) is 2.39. The Morgan fingerprint density at radius 1 is 1.52 bits per heavy atom. The summed E-state index contributed by atoms with van der Waals surface area (Å²) in [5.41, 5.74) is 4.93. The fraction of sp³-hybridized carbons (Fsp3) is 0.273. The number of carbonyl (C=O) groups is 1. The van der Waals surface area contributed by atoms with Crippen LogP contribution >= 0.6 is 12.2 Å². The quantitative estimate of drug-likeness (QED) is 0.301. The summed E-state index contributed by atoms with van der Waals surface area (Å²) in [5.74, 6) is -0.138. The first-order valence-corrected chi connectivity index (χ1v) is 8.05. The molecule has 0 saturated heterocycles. The number of hydrogen-bond donors (Lipinski definition) is 3. The maximum Gasteiger partial charge on any atom is 0.413 e. The number of nitrogens with two attached hydrogens (primary N) is 1. The molecule has 10 nitrogen and oxygen atoms in total. The van der Waals surface area contributed by atoms with Gasteiger partial charge in [0, 0.05) is 6.26 Å². The Hall–Kier alpha value is -2.47. The zero-order chi connectivity index (χ0) is 17.6. The average molecular weight is 362 g/mol. The van der Waals surface area contributed by atoms with Crippen LogP contribution in [-0.4, -0.2) is 39.6 Å².